The van der Waals surface area contributed by atoms with Crippen molar-refractivity contribution in [2.45, 2.75) is 6.92 Å². The molecule has 0 bridgehead atoms. The van der Waals surface area contributed by atoms with Crippen LogP contribution in [0.2, 0.25) is 0 Å². The van der Waals surface area contributed by atoms with E-state index >= 15 is 0 Å². The van der Waals surface area contributed by atoms with Gasteiger partial charge < -0.3 is 20.5 Å². The number of nitrogens with zero attached hydrogens (tertiary/aromatic N) is 3. The average Bonchev–Trinajstić information content (AvgIpc) is 2.38. The third-order valence-corrected chi connectivity index (χ3v) is 2.31. The highest BCUT2D eigenvalue weighted by atomic mass is 19.1. The van der Waals surface area contributed by atoms with Crippen LogP contribution in [0.15, 0.2) is 18.2 Å². The van der Waals surface area contributed by atoms with Gasteiger partial charge in [0.25, 0.3) is 0 Å². The first kappa shape index (κ1) is 13.8. The van der Waals surface area contributed by atoms with Gasteiger partial charge in [0.15, 0.2) is 11.6 Å². The van der Waals surface area contributed by atoms with Crippen LogP contribution in [0.5, 0.6) is 11.8 Å². The maximum absolute atomic E-state index is 13.6. The van der Waals surface area contributed by atoms with Gasteiger partial charge in [0.1, 0.15) is 0 Å². The molecule has 0 unspecified atom stereocenters. The van der Waals surface area contributed by atoms with Crippen LogP contribution in [0.4, 0.5) is 22.0 Å². The number of nitrogens with one attached hydrogen (secondary N) is 1. The summed E-state index contributed by atoms with van der Waals surface area (Å²) in [6, 6.07) is 4.49. The van der Waals surface area contributed by atoms with Gasteiger partial charge in [-0.25, -0.2) is 4.39 Å². The Labute approximate surface area is 115 Å². The van der Waals surface area contributed by atoms with Crippen molar-refractivity contribution in [1.82, 2.24) is 15.0 Å². The van der Waals surface area contributed by atoms with Gasteiger partial charge in [0, 0.05) is 11.8 Å². The van der Waals surface area contributed by atoms with Gasteiger partial charge in [-0.3, -0.25) is 0 Å². The Balaban J connectivity index is 2.23. The molecule has 8 heteroatoms. The minimum Gasteiger partial charge on any atom is -0.494 e. The second kappa shape index (κ2) is 6.00. The summed E-state index contributed by atoms with van der Waals surface area (Å²) in [6.45, 7) is 2.20. The van der Waals surface area contributed by atoms with Crippen molar-refractivity contribution in [2.75, 3.05) is 24.8 Å². The summed E-state index contributed by atoms with van der Waals surface area (Å²) in [4.78, 5) is 11.7. The van der Waals surface area contributed by atoms with Gasteiger partial charge in [-0.05, 0) is 19.1 Å². The van der Waals surface area contributed by atoms with Crippen molar-refractivity contribution in [1.29, 1.82) is 0 Å². The zero-order valence-corrected chi connectivity index (χ0v) is 11.1. The minimum atomic E-state index is -0.496. The van der Waals surface area contributed by atoms with Crippen molar-refractivity contribution < 1.29 is 13.9 Å². The molecule has 3 N–H and O–H groups in total. The van der Waals surface area contributed by atoms with Gasteiger partial charge in [0.05, 0.1) is 13.7 Å². The topological polar surface area (TPSA) is 95.2 Å². The molecule has 1 aromatic heterocycles. The van der Waals surface area contributed by atoms with Gasteiger partial charge in [-0.1, -0.05) is 0 Å². The molecule has 2 aromatic rings. The minimum absolute atomic E-state index is 0.0138. The number of anilines is 3. The number of ether oxygens (including phenoxy) is 2. The lowest BCUT2D eigenvalue weighted by Gasteiger charge is -2.08. The lowest BCUT2D eigenvalue weighted by atomic mass is 10.3. The second-order valence-corrected chi connectivity index (χ2v) is 3.71. The predicted molar refractivity (Wildman–Crippen MR) is 71.6 cm³/mol. The van der Waals surface area contributed by atoms with E-state index in [4.69, 9.17) is 15.2 Å². The second-order valence-electron chi connectivity index (χ2n) is 3.71. The standard InChI is InChI=1S/C12H14FN5O2/c1-3-20-12-17-10(14)16-11(18-12)15-7-4-5-9(19-2)8(13)6-7/h4-6H,3H2,1-2H3,(H3,14,15,16,17,18). The lowest BCUT2D eigenvalue weighted by Crippen LogP contribution is -2.06. The Hall–Kier alpha value is -2.64. The molecule has 2 rings (SSSR count). The first-order valence-corrected chi connectivity index (χ1v) is 5.87. The molecule has 0 aliphatic rings. The molecule has 0 saturated heterocycles. The van der Waals surface area contributed by atoms with Gasteiger partial charge in [0.2, 0.25) is 11.9 Å². The zero-order chi connectivity index (χ0) is 14.5. The Morgan fingerprint density at radius 2 is 2.10 bits per heavy atom. The number of benzene rings is 1. The first-order chi connectivity index (χ1) is 9.62. The van der Waals surface area contributed by atoms with E-state index < -0.39 is 5.82 Å². The number of methoxy groups -OCH3 is 1. The van der Waals surface area contributed by atoms with Crippen LogP contribution in [0, 0.1) is 5.82 Å². The Kier molecular flexibility index (Phi) is 4.14. The van der Waals surface area contributed by atoms with Crippen LogP contribution < -0.4 is 20.5 Å². The predicted octanol–water partition coefficient (Wildman–Crippen LogP) is 1.74. The largest absolute Gasteiger partial charge is 0.494 e. The molecule has 0 aliphatic heterocycles. The smallest absolute Gasteiger partial charge is 0.323 e. The molecule has 0 amide bonds. The van der Waals surface area contributed by atoms with E-state index in [1.807, 2.05) is 0 Å². The summed E-state index contributed by atoms with van der Waals surface area (Å²) in [7, 11) is 1.40. The van der Waals surface area contributed by atoms with E-state index in [9.17, 15) is 4.39 Å². The fraction of sp³-hybridized carbons (Fsp3) is 0.250. The summed E-state index contributed by atoms with van der Waals surface area (Å²) in [5.41, 5.74) is 6.00. The monoisotopic (exact) mass is 279 g/mol. The number of aromatic nitrogens is 3. The summed E-state index contributed by atoms with van der Waals surface area (Å²) >= 11 is 0. The number of nitrogen functional groups attached to an aromatic ring is 1. The summed E-state index contributed by atoms with van der Waals surface area (Å²) in [6.07, 6.45) is 0. The van der Waals surface area contributed by atoms with Crippen molar-refractivity contribution in [3.8, 4) is 11.8 Å². The maximum Gasteiger partial charge on any atom is 0.323 e. The Bertz CT molecular complexity index is 608. The molecule has 7 nitrogen and oxygen atoms in total. The Morgan fingerprint density at radius 1 is 1.30 bits per heavy atom. The Morgan fingerprint density at radius 3 is 2.75 bits per heavy atom. The van der Waals surface area contributed by atoms with E-state index in [1.54, 1.807) is 13.0 Å². The van der Waals surface area contributed by atoms with Crippen LogP contribution >= 0.6 is 0 Å². The molecule has 0 spiro atoms. The summed E-state index contributed by atoms with van der Waals surface area (Å²) < 4.78 is 23.6. The van der Waals surface area contributed by atoms with Crippen LogP contribution in [0.1, 0.15) is 6.92 Å². The molecule has 1 aromatic carbocycles. The molecule has 0 fully saturated rings. The highest BCUT2D eigenvalue weighted by Crippen LogP contribution is 2.22. The molecule has 0 radical (unpaired) electrons. The number of halogens is 1. The highest BCUT2D eigenvalue weighted by Gasteiger charge is 2.08. The normalized spacial score (nSPS) is 10.2. The molecular formula is C12H14FN5O2. The van der Waals surface area contributed by atoms with Crippen molar-refractivity contribution in [3.05, 3.63) is 24.0 Å². The van der Waals surface area contributed by atoms with Crippen LogP contribution in [0.25, 0.3) is 0 Å². The van der Waals surface area contributed by atoms with Crippen molar-refractivity contribution in [3.63, 3.8) is 0 Å². The molecule has 0 atom stereocenters. The third-order valence-electron chi connectivity index (χ3n) is 2.31. The van der Waals surface area contributed by atoms with Gasteiger partial charge in [-0.15, -0.1) is 0 Å². The van der Waals surface area contributed by atoms with Crippen molar-refractivity contribution >= 4 is 17.6 Å². The highest BCUT2D eigenvalue weighted by molar-refractivity contribution is 5.55. The van der Waals surface area contributed by atoms with Gasteiger partial charge >= 0.3 is 6.01 Å². The fourth-order valence-corrected chi connectivity index (χ4v) is 1.49. The van der Waals surface area contributed by atoms with Crippen LogP contribution in [-0.2, 0) is 0 Å². The van der Waals surface area contributed by atoms with E-state index in [0.717, 1.165) is 0 Å². The van der Waals surface area contributed by atoms with Crippen molar-refractivity contribution in [2.24, 2.45) is 0 Å². The maximum atomic E-state index is 13.6. The average molecular weight is 279 g/mol. The van der Waals surface area contributed by atoms with Crippen LogP contribution in [-0.4, -0.2) is 28.7 Å². The molecule has 0 aliphatic carbocycles. The van der Waals surface area contributed by atoms with E-state index in [0.29, 0.717) is 12.3 Å². The van der Waals surface area contributed by atoms with E-state index in [-0.39, 0.29) is 23.7 Å². The number of hydrogen-bond acceptors (Lipinski definition) is 7. The SMILES string of the molecule is CCOc1nc(N)nc(Nc2ccc(OC)c(F)c2)n1. The number of nitrogens with two attached hydrogens (primary N) is 1. The van der Waals surface area contributed by atoms with E-state index in [1.165, 1.54) is 19.2 Å². The van der Waals surface area contributed by atoms with Crippen LogP contribution in [0.3, 0.4) is 0 Å². The zero-order valence-electron chi connectivity index (χ0n) is 11.1. The van der Waals surface area contributed by atoms with Gasteiger partial charge in [-0.2, -0.15) is 15.0 Å². The number of rotatable bonds is 5. The lowest BCUT2D eigenvalue weighted by molar-refractivity contribution is 0.312. The summed E-state index contributed by atoms with van der Waals surface area (Å²) in [5.74, 6) is -0.157. The molecule has 1 heterocycles. The molecule has 0 saturated carbocycles. The third kappa shape index (κ3) is 3.22. The first-order valence-electron chi connectivity index (χ1n) is 5.87. The van der Waals surface area contributed by atoms with E-state index in [2.05, 4.69) is 20.3 Å². The summed E-state index contributed by atoms with van der Waals surface area (Å²) in [5, 5.41) is 2.82. The quantitative estimate of drug-likeness (QED) is 0.860. The molecule has 20 heavy (non-hydrogen) atoms. The fourth-order valence-electron chi connectivity index (χ4n) is 1.49. The molecular weight excluding hydrogens is 265 g/mol. The number of hydrogen-bond donors (Lipinski definition) is 2. The molecule has 106 valence electrons.